The molecule has 2 nitrogen and oxygen atoms in total. The molecule has 0 fully saturated rings. The average molecular weight is 183 g/mol. The summed E-state index contributed by atoms with van der Waals surface area (Å²) in [7, 11) is 0. The molecule has 0 saturated carbocycles. The minimum absolute atomic E-state index is 0.100. The van der Waals surface area contributed by atoms with Gasteiger partial charge in [-0.2, -0.15) is 0 Å². The molecule has 0 bridgehead atoms. The summed E-state index contributed by atoms with van der Waals surface area (Å²) in [5.74, 6) is -0.176. The van der Waals surface area contributed by atoms with Crippen molar-refractivity contribution in [1.82, 2.24) is 0 Å². The van der Waals surface area contributed by atoms with Crippen molar-refractivity contribution in [3.63, 3.8) is 0 Å². The van der Waals surface area contributed by atoms with Crippen LogP contribution >= 0.6 is 0 Å². The highest BCUT2D eigenvalue weighted by molar-refractivity contribution is 5.36. The molecule has 0 amide bonds. The van der Waals surface area contributed by atoms with Crippen LogP contribution in [0.25, 0.3) is 0 Å². The van der Waals surface area contributed by atoms with Crippen molar-refractivity contribution in [3.8, 4) is 5.75 Å². The zero-order chi connectivity index (χ0) is 10.0. The Kier molecular flexibility index (Phi) is 2.88. The minimum Gasteiger partial charge on any atom is -0.508 e. The lowest BCUT2D eigenvalue weighted by Crippen LogP contribution is -2.18. The van der Waals surface area contributed by atoms with Crippen LogP contribution < -0.4 is 5.73 Å². The number of benzene rings is 1. The number of phenolic OH excluding ortho intramolecular Hbond substituents is 1. The van der Waals surface area contributed by atoms with Crippen LogP contribution in [0.1, 0.15) is 18.1 Å². The van der Waals surface area contributed by atoms with Crippen molar-refractivity contribution in [1.29, 1.82) is 0 Å². The van der Waals surface area contributed by atoms with Crippen molar-refractivity contribution < 1.29 is 9.50 Å². The number of hydrogen-bond donors (Lipinski definition) is 2. The van der Waals surface area contributed by atoms with Crippen LogP contribution in [-0.4, -0.2) is 11.1 Å². The molecule has 0 radical (unpaired) electrons. The van der Waals surface area contributed by atoms with Gasteiger partial charge in [-0.15, -0.1) is 0 Å². The van der Waals surface area contributed by atoms with E-state index >= 15 is 0 Å². The highest BCUT2D eigenvalue weighted by Gasteiger charge is 2.07. The van der Waals surface area contributed by atoms with Gasteiger partial charge in [0.15, 0.2) is 0 Å². The Bertz CT molecular complexity index is 310. The van der Waals surface area contributed by atoms with E-state index in [2.05, 4.69) is 0 Å². The van der Waals surface area contributed by atoms with Gasteiger partial charge in [-0.3, -0.25) is 0 Å². The van der Waals surface area contributed by atoms with Crippen molar-refractivity contribution in [2.75, 3.05) is 0 Å². The monoisotopic (exact) mass is 183 g/mol. The van der Waals surface area contributed by atoms with Gasteiger partial charge in [0, 0.05) is 6.04 Å². The normalized spacial score (nSPS) is 12.9. The number of halogens is 1. The Balaban J connectivity index is 3.01. The standard InChI is InChI=1S/C10H14FNO/c1-6-3-9(11)8(4-7(2)12)5-10(6)13/h3,5,7,13H,4,12H2,1-2H3. The lowest BCUT2D eigenvalue weighted by molar-refractivity contribution is 0.466. The van der Waals surface area contributed by atoms with Crippen molar-refractivity contribution >= 4 is 0 Å². The summed E-state index contributed by atoms with van der Waals surface area (Å²) in [4.78, 5) is 0. The minimum atomic E-state index is -0.299. The summed E-state index contributed by atoms with van der Waals surface area (Å²) in [6.45, 7) is 3.46. The lowest BCUT2D eigenvalue weighted by Gasteiger charge is -2.08. The maximum absolute atomic E-state index is 13.2. The second kappa shape index (κ2) is 3.75. The molecule has 1 aromatic carbocycles. The second-order valence-electron chi connectivity index (χ2n) is 3.41. The summed E-state index contributed by atoms with van der Waals surface area (Å²) in [5.41, 5.74) is 6.55. The molecule has 0 saturated heterocycles. The first kappa shape index (κ1) is 9.99. The Morgan fingerprint density at radius 1 is 1.54 bits per heavy atom. The molecule has 1 atom stereocenters. The number of aromatic hydroxyl groups is 1. The fourth-order valence-corrected chi connectivity index (χ4v) is 1.21. The number of phenols is 1. The Labute approximate surface area is 77.2 Å². The van der Waals surface area contributed by atoms with Gasteiger partial charge in [-0.1, -0.05) is 0 Å². The molecule has 0 heterocycles. The van der Waals surface area contributed by atoms with E-state index in [9.17, 15) is 9.50 Å². The predicted molar refractivity (Wildman–Crippen MR) is 50.2 cm³/mol. The van der Waals surface area contributed by atoms with E-state index in [1.165, 1.54) is 12.1 Å². The number of rotatable bonds is 2. The Hall–Kier alpha value is -1.09. The molecule has 0 aliphatic heterocycles. The van der Waals surface area contributed by atoms with E-state index in [-0.39, 0.29) is 17.6 Å². The molecule has 72 valence electrons. The van der Waals surface area contributed by atoms with Crippen LogP contribution in [-0.2, 0) is 6.42 Å². The third-order valence-electron chi connectivity index (χ3n) is 1.91. The van der Waals surface area contributed by atoms with Crippen molar-refractivity contribution in [2.45, 2.75) is 26.3 Å². The van der Waals surface area contributed by atoms with Crippen LogP contribution in [0, 0.1) is 12.7 Å². The van der Waals surface area contributed by atoms with Gasteiger partial charge in [0.25, 0.3) is 0 Å². The SMILES string of the molecule is Cc1cc(F)c(CC(C)N)cc1O. The third-order valence-corrected chi connectivity index (χ3v) is 1.91. The molecule has 0 aliphatic rings. The molecular weight excluding hydrogens is 169 g/mol. The Morgan fingerprint density at radius 2 is 2.15 bits per heavy atom. The van der Waals surface area contributed by atoms with Crippen LogP contribution in [0.2, 0.25) is 0 Å². The highest BCUT2D eigenvalue weighted by atomic mass is 19.1. The molecule has 1 rings (SSSR count). The van der Waals surface area contributed by atoms with Gasteiger partial charge in [0.2, 0.25) is 0 Å². The maximum atomic E-state index is 13.2. The number of aryl methyl sites for hydroxylation is 1. The van der Waals surface area contributed by atoms with Gasteiger partial charge in [-0.25, -0.2) is 4.39 Å². The molecule has 0 aromatic heterocycles. The fourth-order valence-electron chi connectivity index (χ4n) is 1.21. The highest BCUT2D eigenvalue weighted by Crippen LogP contribution is 2.21. The van der Waals surface area contributed by atoms with Crippen LogP contribution in [0.15, 0.2) is 12.1 Å². The summed E-state index contributed by atoms with van der Waals surface area (Å²) in [6.07, 6.45) is 0.444. The van der Waals surface area contributed by atoms with Gasteiger partial charge in [-0.05, 0) is 43.5 Å². The molecule has 1 aromatic rings. The summed E-state index contributed by atoms with van der Waals surface area (Å²) < 4.78 is 13.2. The van der Waals surface area contributed by atoms with Gasteiger partial charge < -0.3 is 10.8 Å². The first-order chi connectivity index (χ1) is 6.00. The average Bonchev–Trinajstić information content (AvgIpc) is 1.99. The van der Waals surface area contributed by atoms with E-state index in [1.807, 2.05) is 0 Å². The van der Waals surface area contributed by atoms with Crippen LogP contribution in [0.4, 0.5) is 4.39 Å². The first-order valence-electron chi connectivity index (χ1n) is 4.24. The lowest BCUT2D eigenvalue weighted by atomic mass is 10.0. The summed E-state index contributed by atoms with van der Waals surface area (Å²) in [6, 6.07) is 2.66. The predicted octanol–water partition coefficient (Wildman–Crippen LogP) is 1.73. The van der Waals surface area contributed by atoms with Gasteiger partial charge >= 0.3 is 0 Å². The smallest absolute Gasteiger partial charge is 0.126 e. The molecule has 3 N–H and O–H groups in total. The number of hydrogen-bond acceptors (Lipinski definition) is 2. The zero-order valence-electron chi connectivity index (χ0n) is 7.84. The molecule has 3 heteroatoms. The molecular formula is C10H14FNO. The van der Waals surface area contributed by atoms with Gasteiger partial charge in [0.1, 0.15) is 11.6 Å². The molecule has 0 aliphatic carbocycles. The molecule has 0 spiro atoms. The summed E-state index contributed by atoms with van der Waals surface area (Å²) >= 11 is 0. The zero-order valence-corrected chi connectivity index (χ0v) is 7.84. The molecule has 1 unspecified atom stereocenters. The van der Waals surface area contributed by atoms with Gasteiger partial charge in [0.05, 0.1) is 0 Å². The molecule has 13 heavy (non-hydrogen) atoms. The second-order valence-corrected chi connectivity index (χ2v) is 3.41. The number of nitrogens with two attached hydrogens (primary N) is 1. The first-order valence-corrected chi connectivity index (χ1v) is 4.24. The topological polar surface area (TPSA) is 46.2 Å². The quantitative estimate of drug-likeness (QED) is 0.733. The van der Waals surface area contributed by atoms with Crippen molar-refractivity contribution in [3.05, 3.63) is 29.1 Å². The van der Waals surface area contributed by atoms with E-state index < -0.39 is 0 Å². The van der Waals surface area contributed by atoms with E-state index in [4.69, 9.17) is 5.73 Å². The third kappa shape index (κ3) is 2.42. The van der Waals surface area contributed by atoms with Crippen molar-refractivity contribution in [2.24, 2.45) is 5.73 Å². The largest absolute Gasteiger partial charge is 0.508 e. The van der Waals surface area contributed by atoms with Crippen LogP contribution in [0.3, 0.4) is 0 Å². The summed E-state index contributed by atoms with van der Waals surface area (Å²) in [5, 5.41) is 9.33. The maximum Gasteiger partial charge on any atom is 0.126 e. The van der Waals surface area contributed by atoms with E-state index in [0.29, 0.717) is 17.5 Å². The Morgan fingerprint density at radius 3 is 2.69 bits per heavy atom. The fraction of sp³-hybridized carbons (Fsp3) is 0.400. The van der Waals surface area contributed by atoms with E-state index in [1.54, 1.807) is 13.8 Å². The van der Waals surface area contributed by atoms with E-state index in [0.717, 1.165) is 0 Å². The van der Waals surface area contributed by atoms with Crippen LogP contribution in [0.5, 0.6) is 5.75 Å².